The molecule has 0 aliphatic heterocycles. The van der Waals surface area contributed by atoms with E-state index in [1.54, 1.807) is 19.1 Å². The molecule has 0 saturated heterocycles. The molecule has 1 aromatic rings. The molecule has 0 heterocycles. The minimum Gasteiger partial charge on any atom is -0.383 e. The fourth-order valence-corrected chi connectivity index (χ4v) is 2.16. The number of nitrogens with one attached hydrogen (secondary N) is 1. The summed E-state index contributed by atoms with van der Waals surface area (Å²) in [5.74, 6) is 0.204. The van der Waals surface area contributed by atoms with E-state index >= 15 is 0 Å². The average Bonchev–Trinajstić information content (AvgIpc) is 2.31. The lowest BCUT2D eigenvalue weighted by Gasteiger charge is -2.08. The van der Waals surface area contributed by atoms with E-state index in [0.29, 0.717) is 22.8 Å². The Morgan fingerprint density at radius 1 is 1.47 bits per heavy atom. The third-order valence-corrected chi connectivity index (χ3v) is 4.29. The Labute approximate surface area is 106 Å². The molecule has 0 atom stereocenters. The topological polar surface area (TPSA) is 70.0 Å². The highest BCUT2D eigenvalue weighted by atomic mass is 35.5. The van der Waals surface area contributed by atoms with Gasteiger partial charge < -0.3 is 5.32 Å². The number of sulfone groups is 1. The third kappa shape index (κ3) is 4.25. The van der Waals surface area contributed by atoms with Gasteiger partial charge in [0.15, 0.2) is 9.84 Å². The molecular weight excluding hydrogens is 260 g/mol. The summed E-state index contributed by atoms with van der Waals surface area (Å²) in [5.41, 5.74) is 1.11. The monoisotopic (exact) mass is 272 g/mol. The summed E-state index contributed by atoms with van der Waals surface area (Å²) in [7, 11) is -2.97. The highest BCUT2D eigenvalue weighted by Gasteiger charge is 2.07. The summed E-state index contributed by atoms with van der Waals surface area (Å²) in [6.45, 7) is 1.92. The van der Waals surface area contributed by atoms with Gasteiger partial charge in [0.25, 0.3) is 0 Å². The van der Waals surface area contributed by atoms with Crippen molar-refractivity contribution in [3.05, 3.63) is 28.8 Å². The van der Waals surface area contributed by atoms with Gasteiger partial charge >= 0.3 is 0 Å². The Morgan fingerprint density at radius 3 is 2.71 bits per heavy atom. The predicted octanol–water partition coefficient (Wildman–Crippen LogP) is 2.06. The first-order chi connectivity index (χ1) is 7.98. The van der Waals surface area contributed by atoms with Gasteiger partial charge in [-0.2, -0.15) is 5.26 Å². The van der Waals surface area contributed by atoms with Gasteiger partial charge in [0, 0.05) is 12.3 Å². The van der Waals surface area contributed by atoms with Gasteiger partial charge in [0.05, 0.1) is 28.1 Å². The second-order valence-electron chi connectivity index (χ2n) is 3.47. The first-order valence-electron chi connectivity index (χ1n) is 5.12. The van der Waals surface area contributed by atoms with Crippen LogP contribution in [0, 0.1) is 11.3 Å². The summed E-state index contributed by atoms with van der Waals surface area (Å²) in [6.07, 6.45) is 0. The summed E-state index contributed by atoms with van der Waals surface area (Å²) in [4.78, 5) is 0. The van der Waals surface area contributed by atoms with Crippen molar-refractivity contribution in [1.29, 1.82) is 5.26 Å². The minimum absolute atomic E-state index is 0.0693. The lowest BCUT2D eigenvalue weighted by molar-refractivity contribution is 0.597. The molecule has 0 radical (unpaired) electrons. The minimum atomic E-state index is -2.97. The van der Waals surface area contributed by atoms with Crippen molar-refractivity contribution in [2.24, 2.45) is 0 Å². The summed E-state index contributed by atoms with van der Waals surface area (Å²) < 4.78 is 22.5. The van der Waals surface area contributed by atoms with Crippen LogP contribution in [0.2, 0.25) is 5.02 Å². The second kappa shape index (κ2) is 5.89. The molecule has 4 nitrogen and oxygen atoms in total. The smallest absolute Gasteiger partial charge is 0.151 e. The quantitative estimate of drug-likeness (QED) is 0.891. The van der Waals surface area contributed by atoms with E-state index in [4.69, 9.17) is 16.9 Å². The zero-order valence-corrected chi connectivity index (χ0v) is 11.0. The number of anilines is 1. The Morgan fingerprint density at radius 2 is 2.18 bits per heavy atom. The Bertz CT molecular complexity index is 535. The fraction of sp³-hybridized carbons (Fsp3) is 0.364. The van der Waals surface area contributed by atoms with Gasteiger partial charge in [-0.25, -0.2) is 8.42 Å². The van der Waals surface area contributed by atoms with E-state index < -0.39 is 9.84 Å². The zero-order chi connectivity index (χ0) is 12.9. The lowest BCUT2D eigenvalue weighted by atomic mass is 10.2. The average molecular weight is 273 g/mol. The van der Waals surface area contributed by atoms with Crippen LogP contribution in [0.25, 0.3) is 0 Å². The Balaban J connectivity index is 2.62. The molecule has 1 rings (SSSR count). The first kappa shape index (κ1) is 13.8. The van der Waals surface area contributed by atoms with Crippen LogP contribution in [-0.4, -0.2) is 26.5 Å². The fourth-order valence-electron chi connectivity index (χ4n) is 1.21. The number of nitrogens with zero attached hydrogens (tertiary/aromatic N) is 1. The number of hydrogen-bond acceptors (Lipinski definition) is 4. The number of nitriles is 1. The molecule has 0 unspecified atom stereocenters. The molecule has 0 aliphatic rings. The molecule has 1 aromatic carbocycles. The Kier molecular flexibility index (Phi) is 4.79. The van der Waals surface area contributed by atoms with Crippen molar-refractivity contribution >= 4 is 27.1 Å². The molecule has 6 heteroatoms. The number of hydrogen-bond donors (Lipinski definition) is 1. The highest BCUT2D eigenvalue weighted by molar-refractivity contribution is 7.91. The third-order valence-electron chi connectivity index (χ3n) is 2.27. The van der Waals surface area contributed by atoms with Gasteiger partial charge in [0.2, 0.25) is 0 Å². The van der Waals surface area contributed by atoms with Crippen LogP contribution in [0.3, 0.4) is 0 Å². The molecule has 0 amide bonds. The largest absolute Gasteiger partial charge is 0.383 e. The van der Waals surface area contributed by atoms with Crippen molar-refractivity contribution in [1.82, 2.24) is 0 Å². The number of rotatable bonds is 5. The van der Waals surface area contributed by atoms with E-state index in [2.05, 4.69) is 5.32 Å². The van der Waals surface area contributed by atoms with E-state index in [9.17, 15) is 8.42 Å². The molecule has 0 bridgehead atoms. The van der Waals surface area contributed by atoms with Gasteiger partial charge in [-0.3, -0.25) is 0 Å². The molecule has 0 aromatic heterocycles. The maximum absolute atomic E-state index is 11.3. The standard InChI is InChI=1S/C11H13ClN2O2S/c1-2-17(15,16)6-5-14-11-4-3-9(8-13)7-10(11)12/h3-4,7,14H,2,5-6H2,1H3. The summed E-state index contributed by atoms with van der Waals surface area (Å²) >= 11 is 5.93. The molecule has 92 valence electrons. The van der Waals surface area contributed by atoms with Crippen LogP contribution < -0.4 is 5.32 Å². The number of benzene rings is 1. The molecule has 17 heavy (non-hydrogen) atoms. The maximum atomic E-state index is 11.3. The van der Waals surface area contributed by atoms with E-state index in [-0.39, 0.29) is 11.5 Å². The highest BCUT2D eigenvalue weighted by Crippen LogP contribution is 2.22. The van der Waals surface area contributed by atoms with Gasteiger partial charge in [-0.05, 0) is 18.2 Å². The van der Waals surface area contributed by atoms with E-state index in [1.807, 2.05) is 6.07 Å². The van der Waals surface area contributed by atoms with E-state index in [1.165, 1.54) is 6.07 Å². The molecule has 0 saturated carbocycles. The maximum Gasteiger partial charge on any atom is 0.151 e. The molecule has 0 spiro atoms. The van der Waals surface area contributed by atoms with Crippen molar-refractivity contribution in [2.45, 2.75) is 6.92 Å². The van der Waals surface area contributed by atoms with Crippen LogP contribution in [0.5, 0.6) is 0 Å². The van der Waals surface area contributed by atoms with Gasteiger partial charge in [-0.15, -0.1) is 0 Å². The van der Waals surface area contributed by atoms with Crippen LogP contribution >= 0.6 is 11.6 Å². The van der Waals surface area contributed by atoms with Crippen LogP contribution in [0.4, 0.5) is 5.69 Å². The van der Waals surface area contributed by atoms with Crippen molar-refractivity contribution < 1.29 is 8.42 Å². The van der Waals surface area contributed by atoms with Crippen molar-refractivity contribution in [3.63, 3.8) is 0 Å². The normalized spacial score (nSPS) is 10.9. The predicted molar refractivity (Wildman–Crippen MR) is 69.0 cm³/mol. The van der Waals surface area contributed by atoms with Crippen molar-refractivity contribution in [3.8, 4) is 6.07 Å². The summed E-state index contributed by atoms with van der Waals surface area (Å²) in [6, 6.07) is 6.81. The first-order valence-corrected chi connectivity index (χ1v) is 7.32. The van der Waals surface area contributed by atoms with Gasteiger partial charge in [0.1, 0.15) is 0 Å². The lowest BCUT2D eigenvalue weighted by Crippen LogP contribution is -2.17. The second-order valence-corrected chi connectivity index (χ2v) is 6.35. The van der Waals surface area contributed by atoms with Crippen LogP contribution in [-0.2, 0) is 9.84 Å². The van der Waals surface area contributed by atoms with Crippen LogP contribution in [0.1, 0.15) is 12.5 Å². The number of halogens is 1. The van der Waals surface area contributed by atoms with E-state index in [0.717, 1.165) is 0 Å². The Hall–Kier alpha value is -1.25. The van der Waals surface area contributed by atoms with Crippen molar-refractivity contribution in [2.75, 3.05) is 23.4 Å². The van der Waals surface area contributed by atoms with Crippen LogP contribution in [0.15, 0.2) is 18.2 Å². The molecule has 1 N–H and O–H groups in total. The summed E-state index contributed by atoms with van der Waals surface area (Å²) in [5, 5.41) is 12.0. The molecular formula is C11H13ClN2O2S. The zero-order valence-electron chi connectivity index (χ0n) is 9.40. The SMILES string of the molecule is CCS(=O)(=O)CCNc1ccc(C#N)cc1Cl. The van der Waals surface area contributed by atoms with Gasteiger partial charge in [-0.1, -0.05) is 18.5 Å². The molecule has 0 fully saturated rings. The molecule has 0 aliphatic carbocycles.